The van der Waals surface area contributed by atoms with E-state index < -0.39 is 17.4 Å². The number of nitrogens with one attached hydrogen (secondary N) is 1. The number of fused-ring (bicyclic) bond motifs is 1. The van der Waals surface area contributed by atoms with Gasteiger partial charge in [-0.15, -0.1) is 11.3 Å². The Bertz CT molecular complexity index is 1140. The van der Waals surface area contributed by atoms with Gasteiger partial charge in [-0.05, 0) is 36.1 Å². The molecule has 0 fully saturated rings. The summed E-state index contributed by atoms with van der Waals surface area (Å²) in [5.74, 6) is -1.05. The molecule has 7 nitrogen and oxygen atoms in total. The third-order valence-electron chi connectivity index (χ3n) is 4.07. The number of aromatic nitrogens is 2. The van der Waals surface area contributed by atoms with Gasteiger partial charge in [0, 0.05) is 20.3 Å². The molecule has 0 unspecified atom stereocenters. The van der Waals surface area contributed by atoms with E-state index >= 15 is 0 Å². The highest BCUT2D eigenvalue weighted by molar-refractivity contribution is 7.17. The predicted molar refractivity (Wildman–Crippen MR) is 107 cm³/mol. The second kappa shape index (κ2) is 8.68. The van der Waals surface area contributed by atoms with Crippen molar-refractivity contribution >= 4 is 44.7 Å². The van der Waals surface area contributed by atoms with Crippen LogP contribution >= 0.6 is 22.9 Å². The molecule has 10 heteroatoms. The number of carbonyl (C=O) groups is 1. The molecule has 0 atom stereocenters. The van der Waals surface area contributed by atoms with Crippen LogP contribution in [0.25, 0.3) is 10.2 Å². The summed E-state index contributed by atoms with van der Waals surface area (Å²) in [5.41, 5.74) is -0.337. The highest BCUT2D eigenvalue weighted by Crippen LogP contribution is 2.22. The van der Waals surface area contributed by atoms with Crippen molar-refractivity contribution in [2.45, 2.75) is 19.5 Å². The smallest absolute Gasteiger partial charge is 0.332 e. The molecule has 1 aromatic carbocycles. The summed E-state index contributed by atoms with van der Waals surface area (Å²) >= 11 is 7.13. The van der Waals surface area contributed by atoms with Gasteiger partial charge in [0.25, 0.3) is 5.56 Å². The number of hydrogen-bond donors (Lipinski definition) is 1. The maximum Gasteiger partial charge on any atom is 0.332 e. The van der Waals surface area contributed by atoms with E-state index in [0.29, 0.717) is 23.2 Å². The lowest BCUT2D eigenvalue weighted by Crippen LogP contribution is -2.41. The molecule has 2 aromatic heterocycles. The molecule has 148 valence electrons. The molecule has 3 aromatic rings. The lowest BCUT2D eigenvalue weighted by Gasteiger charge is -2.13. The van der Waals surface area contributed by atoms with Crippen molar-refractivity contribution in [1.82, 2.24) is 9.13 Å². The maximum absolute atomic E-state index is 13.2. The number of amides is 1. The van der Waals surface area contributed by atoms with Crippen LogP contribution in [0, 0.1) is 5.82 Å². The van der Waals surface area contributed by atoms with E-state index in [-0.39, 0.29) is 29.4 Å². The van der Waals surface area contributed by atoms with Gasteiger partial charge >= 0.3 is 5.69 Å². The molecule has 0 saturated carbocycles. The van der Waals surface area contributed by atoms with Crippen LogP contribution in [0.5, 0.6) is 0 Å². The van der Waals surface area contributed by atoms with Crippen LogP contribution in [0.2, 0.25) is 5.02 Å². The Labute approximate surface area is 167 Å². The van der Waals surface area contributed by atoms with Gasteiger partial charge in [-0.1, -0.05) is 11.6 Å². The van der Waals surface area contributed by atoms with E-state index in [1.54, 1.807) is 11.4 Å². The van der Waals surface area contributed by atoms with Crippen LogP contribution in [0.15, 0.2) is 39.2 Å². The number of nitrogens with zero attached hydrogens (tertiary/aromatic N) is 2. The molecule has 1 amide bonds. The first-order chi connectivity index (χ1) is 13.4. The van der Waals surface area contributed by atoms with Crippen molar-refractivity contribution in [1.29, 1.82) is 0 Å². The molecule has 3 rings (SSSR count). The molecule has 0 radical (unpaired) electrons. The van der Waals surface area contributed by atoms with Crippen LogP contribution in [-0.2, 0) is 22.6 Å². The first-order valence-corrected chi connectivity index (χ1v) is 9.63. The molecule has 0 aliphatic rings. The summed E-state index contributed by atoms with van der Waals surface area (Å²) < 4.78 is 20.9. The number of carbonyl (C=O) groups excluding carboxylic acids is 1. The van der Waals surface area contributed by atoms with Crippen molar-refractivity contribution in [3.05, 3.63) is 61.3 Å². The van der Waals surface area contributed by atoms with Crippen molar-refractivity contribution in [3.63, 3.8) is 0 Å². The second-order valence-electron chi connectivity index (χ2n) is 5.98. The Morgan fingerprint density at radius 2 is 2.07 bits per heavy atom. The molecule has 28 heavy (non-hydrogen) atoms. The third kappa shape index (κ3) is 4.16. The normalized spacial score (nSPS) is 11.1. The minimum absolute atomic E-state index is 0.0471. The summed E-state index contributed by atoms with van der Waals surface area (Å²) in [6.45, 7) is 0.271. The standard InChI is InChI=1S/C18H17ClFN3O4S/c1-27-7-2-6-22-17(25)16-14(5-8-28-16)23(18(22)26)10-15(24)21-13-4-3-11(20)9-12(13)19/h3-5,8-9H,2,6-7,10H2,1H3,(H,21,24). The van der Waals surface area contributed by atoms with E-state index in [9.17, 15) is 18.8 Å². The number of rotatable bonds is 7. The number of ether oxygens (including phenoxy) is 1. The fourth-order valence-electron chi connectivity index (χ4n) is 2.77. The van der Waals surface area contributed by atoms with Gasteiger partial charge in [0.1, 0.15) is 17.1 Å². The summed E-state index contributed by atoms with van der Waals surface area (Å²) in [6, 6.07) is 5.21. The molecular formula is C18H17ClFN3O4S. The molecule has 2 heterocycles. The maximum atomic E-state index is 13.2. The van der Waals surface area contributed by atoms with Gasteiger partial charge in [0.15, 0.2) is 0 Å². The van der Waals surface area contributed by atoms with E-state index in [2.05, 4.69) is 5.32 Å². The molecule has 0 spiro atoms. The zero-order chi connectivity index (χ0) is 20.3. The van der Waals surface area contributed by atoms with Crippen LogP contribution in [0.1, 0.15) is 6.42 Å². The number of benzene rings is 1. The number of anilines is 1. The van der Waals surface area contributed by atoms with Gasteiger partial charge < -0.3 is 10.1 Å². The molecule has 0 aliphatic carbocycles. The number of thiophene rings is 1. The Hall–Kier alpha value is -2.49. The first kappa shape index (κ1) is 20.2. The van der Waals surface area contributed by atoms with Crippen molar-refractivity contribution in [2.75, 3.05) is 19.0 Å². The van der Waals surface area contributed by atoms with Crippen molar-refractivity contribution in [2.24, 2.45) is 0 Å². The molecule has 0 bridgehead atoms. The Morgan fingerprint density at radius 3 is 2.79 bits per heavy atom. The quantitative estimate of drug-likeness (QED) is 0.590. The average molecular weight is 426 g/mol. The monoisotopic (exact) mass is 425 g/mol. The lowest BCUT2D eigenvalue weighted by atomic mass is 10.3. The van der Waals surface area contributed by atoms with E-state index in [4.69, 9.17) is 16.3 Å². The van der Waals surface area contributed by atoms with Gasteiger partial charge in [0.05, 0.1) is 16.2 Å². The zero-order valence-electron chi connectivity index (χ0n) is 14.9. The third-order valence-corrected chi connectivity index (χ3v) is 5.28. The minimum atomic E-state index is -0.577. The van der Waals surface area contributed by atoms with Crippen LogP contribution in [-0.4, -0.2) is 28.8 Å². The van der Waals surface area contributed by atoms with E-state index in [1.807, 2.05) is 0 Å². The number of halogens is 2. The molecule has 1 N–H and O–H groups in total. The SMILES string of the molecule is COCCCn1c(=O)c2sccc2n(CC(=O)Nc2ccc(F)cc2Cl)c1=O. The second-order valence-corrected chi connectivity index (χ2v) is 7.30. The van der Waals surface area contributed by atoms with Gasteiger partial charge in [0.2, 0.25) is 5.91 Å². The van der Waals surface area contributed by atoms with Crippen LogP contribution < -0.4 is 16.6 Å². The van der Waals surface area contributed by atoms with Gasteiger partial charge in [-0.3, -0.25) is 18.7 Å². The topological polar surface area (TPSA) is 82.3 Å². The van der Waals surface area contributed by atoms with Crippen molar-refractivity contribution < 1.29 is 13.9 Å². The van der Waals surface area contributed by atoms with Crippen LogP contribution in [0.4, 0.5) is 10.1 Å². The summed E-state index contributed by atoms with van der Waals surface area (Å²) in [6.07, 6.45) is 0.486. The Morgan fingerprint density at radius 1 is 1.29 bits per heavy atom. The number of methoxy groups -OCH3 is 1. The van der Waals surface area contributed by atoms with E-state index in [0.717, 1.165) is 10.6 Å². The van der Waals surface area contributed by atoms with Gasteiger partial charge in [-0.2, -0.15) is 0 Å². The fourth-order valence-corrected chi connectivity index (χ4v) is 3.83. The van der Waals surface area contributed by atoms with Crippen molar-refractivity contribution in [3.8, 4) is 0 Å². The lowest BCUT2D eigenvalue weighted by molar-refractivity contribution is -0.116. The highest BCUT2D eigenvalue weighted by atomic mass is 35.5. The predicted octanol–water partition coefficient (Wildman–Crippen LogP) is 2.69. The van der Waals surface area contributed by atoms with Crippen LogP contribution in [0.3, 0.4) is 0 Å². The fraction of sp³-hybridized carbons (Fsp3) is 0.278. The summed E-state index contributed by atoms with van der Waals surface area (Å²) in [5, 5.41) is 4.29. The number of hydrogen-bond acceptors (Lipinski definition) is 5. The first-order valence-electron chi connectivity index (χ1n) is 8.37. The molecule has 0 aliphatic heterocycles. The minimum Gasteiger partial charge on any atom is -0.385 e. The summed E-state index contributed by atoms with van der Waals surface area (Å²) in [4.78, 5) is 37.9. The Balaban J connectivity index is 1.93. The highest BCUT2D eigenvalue weighted by Gasteiger charge is 2.17. The molecule has 0 saturated heterocycles. The molecular weight excluding hydrogens is 409 g/mol. The summed E-state index contributed by atoms with van der Waals surface area (Å²) in [7, 11) is 1.54. The Kier molecular flexibility index (Phi) is 6.28. The van der Waals surface area contributed by atoms with E-state index in [1.165, 1.54) is 35.1 Å². The average Bonchev–Trinajstić information content (AvgIpc) is 3.14. The zero-order valence-corrected chi connectivity index (χ0v) is 16.5. The largest absolute Gasteiger partial charge is 0.385 e. The van der Waals surface area contributed by atoms with Gasteiger partial charge in [-0.25, -0.2) is 9.18 Å².